The fourth-order valence-electron chi connectivity index (χ4n) is 3.38. The van der Waals surface area contributed by atoms with Gasteiger partial charge >= 0.3 is 0 Å². The quantitative estimate of drug-likeness (QED) is 0.684. The first-order valence-electron chi connectivity index (χ1n) is 9.60. The van der Waals surface area contributed by atoms with Gasteiger partial charge in [-0.05, 0) is 24.3 Å². The minimum absolute atomic E-state index is 0.0231. The average Bonchev–Trinajstić information content (AvgIpc) is 3.15. The molecule has 3 aromatic rings. The van der Waals surface area contributed by atoms with Crippen LogP contribution in [0, 0.1) is 0 Å². The summed E-state index contributed by atoms with van der Waals surface area (Å²) in [4.78, 5) is 11.7. The topological polar surface area (TPSA) is 64.3 Å². The summed E-state index contributed by atoms with van der Waals surface area (Å²) in [5, 5.41) is 4.25. The highest BCUT2D eigenvalue weighted by Crippen LogP contribution is 2.26. The van der Waals surface area contributed by atoms with Crippen LogP contribution in [0.4, 0.5) is 0 Å². The van der Waals surface area contributed by atoms with Crippen LogP contribution in [0.25, 0.3) is 11.3 Å². The molecule has 4 rings (SSSR count). The molecule has 0 spiro atoms. The Morgan fingerprint density at radius 3 is 2.68 bits per heavy atom. The molecule has 1 aliphatic heterocycles. The monoisotopic (exact) mass is 378 g/mol. The fraction of sp³-hybridized carbons (Fsp3) is 0.409. The third-order valence-corrected chi connectivity index (χ3v) is 5.00. The molecule has 6 heteroatoms. The highest BCUT2D eigenvalue weighted by molar-refractivity contribution is 5.58. The zero-order chi connectivity index (χ0) is 19.7. The van der Waals surface area contributed by atoms with Gasteiger partial charge in [0.1, 0.15) is 11.6 Å². The molecule has 0 N–H and O–H groups in total. The molecule has 0 aliphatic carbocycles. The zero-order valence-electron chi connectivity index (χ0n) is 16.9. The van der Waals surface area contributed by atoms with Crippen LogP contribution in [-0.2, 0) is 24.9 Å². The number of rotatable bonds is 4. The van der Waals surface area contributed by atoms with Crippen LogP contribution in [0.3, 0.4) is 0 Å². The summed E-state index contributed by atoms with van der Waals surface area (Å²) in [6, 6.07) is 9.81. The molecule has 6 nitrogen and oxygen atoms in total. The maximum atomic E-state index is 5.55. The lowest BCUT2D eigenvalue weighted by atomic mass is 9.95. The van der Waals surface area contributed by atoms with Crippen molar-refractivity contribution in [2.75, 3.05) is 13.7 Å². The predicted molar refractivity (Wildman–Crippen MR) is 107 cm³/mol. The summed E-state index contributed by atoms with van der Waals surface area (Å²) in [5.41, 5.74) is 4.28. The Kier molecular flexibility index (Phi) is 4.89. The lowest BCUT2D eigenvalue weighted by Crippen LogP contribution is -2.32. The van der Waals surface area contributed by atoms with E-state index in [9.17, 15) is 0 Å². The minimum atomic E-state index is -0.0231. The third kappa shape index (κ3) is 3.92. The standard InChI is InChI=1S/C22H26N4O2/c1-22(2,3)21-23-12-16-13-26(10-9-19(16)24-21)14-17-11-20(28-25-17)15-5-7-18(27-4)8-6-15/h5-8,11-12H,9-10,13-14H2,1-4H3. The molecule has 0 saturated heterocycles. The van der Waals surface area contributed by atoms with Crippen LogP contribution in [0.2, 0.25) is 0 Å². The van der Waals surface area contributed by atoms with Crippen LogP contribution in [0.5, 0.6) is 5.75 Å². The van der Waals surface area contributed by atoms with Crippen molar-refractivity contribution in [1.29, 1.82) is 0 Å². The van der Waals surface area contributed by atoms with Crippen molar-refractivity contribution >= 4 is 0 Å². The Hall–Kier alpha value is -2.73. The fourth-order valence-corrected chi connectivity index (χ4v) is 3.38. The minimum Gasteiger partial charge on any atom is -0.497 e. The van der Waals surface area contributed by atoms with E-state index in [2.05, 4.69) is 35.8 Å². The second-order valence-corrected chi connectivity index (χ2v) is 8.29. The maximum absolute atomic E-state index is 5.55. The van der Waals surface area contributed by atoms with Crippen molar-refractivity contribution in [2.45, 2.75) is 45.7 Å². The second kappa shape index (κ2) is 7.36. The molecule has 0 radical (unpaired) electrons. The van der Waals surface area contributed by atoms with Crippen LogP contribution in [-0.4, -0.2) is 33.7 Å². The molecule has 146 valence electrons. The molecule has 0 fully saturated rings. The van der Waals surface area contributed by atoms with Gasteiger partial charge in [0.15, 0.2) is 5.76 Å². The van der Waals surface area contributed by atoms with Crippen LogP contribution in [0.15, 0.2) is 41.1 Å². The Morgan fingerprint density at radius 1 is 1.18 bits per heavy atom. The highest BCUT2D eigenvalue weighted by atomic mass is 16.5. The number of benzene rings is 1. The molecule has 0 amide bonds. The van der Waals surface area contributed by atoms with Gasteiger partial charge in [-0.15, -0.1) is 0 Å². The Balaban J connectivity index is 1.44. The van der Waals surface area contributed by atoms with Gasteiger partial charge in [0, 0.05) is 60.6 Å². The largest absolute Gasteiger partial charge is 0.497 e. The van der Waals surface area contributed by atoms with E-state index in [4.69, 9.17) is 14.2 Å². The van der Waals surface area contributed by atoms with E-state index >= 15 is 0 Å². The summed E-state index contributed by atoms with van der Waals surface area (Å²) in [7, 11) is 1.66. The summed E-state index contributed by atoms with van der Waals surface area (Å²) < 4.78 is 10.7. The van der Waals surface area contributed by atoms with Gasteiger partial charge in [0.05, 0.1) is 12.8 Å². The number of fused-ring (bicyclic) bond motifs is 1. The van der Waals surface area contributed by atoms with E-state index in [1.165, 1.54) is 11.3 Å². The van der Waals surface area contributed by atoms with Crippen LogP contribution >= 0.6 is 0 Å². The van der Waals surface area contributed by atoms with Crippen LogP contribution in [0.1, 0.15) is 43.5 Å². The Labute approximate surface area is 165 Å². The van der Waals surface area contributed by atoms with Gasteiger partial charge in [-0.3, -0.25) is 4.90 Å². The van der Waals surface area contributed by atoms with Crippen molar-refractivity contribution in [3.8, 4) is 17.1 Å². The number of methoxy groups -OCH3 is 1. The third-order valence-electron chi connectivity index (χ3n) is 5.00. The highest BCUT2D eigenvalue weighted by Gasteiger charge is 2.23. The number of hydrogen-bond donors (Lipinski definition) is 0. The normalized spacial score (nSPS) is 14.7. The van der Waals surface area contributed by atoms with Gasteiger partial charge in [-0.1, -0.05) is 25.9 Å². The molecule has 0 bridgehead atoms. The molecule has 2 aromatic heterocycles. The van der Waals surface area contributed by atoms with Gasteiger partial charge in [0.25, 0.3) is 0 Å². The summed E-state index contributed by atoms with van der Waals surface area (Å²) in [6.07, 6.45) is 2.92. The molecular formula is C22H26N4O2. The maximum Gasteiger partial charge on any atom is 0.167 e. The van der Waals surface area contributed by atoms with Crippen molar-refractivity contribution in [3.63, 3.8) is 0 Å². The lowest BCUT2D eigenvalue weighted by molar-refractivity contribution is 0.234. The summed E-state index contributed by atoms with van der Waals surface area (Å²) >= 11 is 0. The van der Waals surface area contributed by atoms with Crippen molar-refractivity contribution in [3.05, 3.63) is 59.3 Å². The van der Waals surface area contributed by atoms with E-state index < -0.39 is 0 Å². The first kappa shape index (κ1) is 18.6. The van der Waals surface area contributed by atoms with Crippen molar-refractivity contribution in [2.24, 2.45) is 0 Å². The molecular weight excluding hydrogens is 352 g/mol. The first-order valence-corrected chi connectivity index (χ1v) is 9.60. The van der Waals surface area contributed by atoms with E-state index in [0.29, 0.717) is 0 Å². The molecule has 28 heavy (non-hydrogen) atoms. The smallest absolute Gasteiger partial charge is 0.167 e. The molecule has 3 heterocycles. The van der Waals surface area contributed by atoms with E-state index in [1.54, 1.807) is 7.11 Å². The molecule has 1 aromatic carbocycles. The second-order valence-electron chi connectivity index (χ2n) is 8.29. The van der Waals surface area contributed by atoms with Gasteiger partial charge in [0.2, 0.25) is 0 Å². The average molecular weight is 378 g/mol. The Bertz CT molecular complexity index is 957. The van der Waals surface area contributed by atoms with Gasteiger partial charge < -0.3 is 9.26 Å². The lowest BCUT2D eigenvalue weighted by Gasteiger charge is -2.28. The van der Waals surface area contributed by atoms with E-state index in [0.717, 1.165) is 54.6 Å². The number of nitrogens with zero attached hydrogens (tertiary/aromatic N) is 4. The summed E-state index contributed by atoms with van der Waals surface area (Å²) in [6.45, 7) is 8.99. The molecule has 0 saturated carbocycles. The number of ether oxygens (including phenoxy) is 1. The molecule has 0 atom stereocenters. The zero-order valence-corrected chi connectivity index (χ0v) is 16.9. The van der Waals surface area contributed by atoms with Gasteiger partial charge in [-0.25, -0.2) is 9.97 Å². The van der Waals surface area contributed by atoms with Crippen molar-refractivity contribution < 1.29 is 9.26 Å². The SMILES string of the molecule is COc1ccc(-c2cc(CN3CCc4nc(C(C)(C)C)ncc4C3)no2)cc1. The Morgan fingerprint density at radius 2 is 1.96 bits per heavy atom. The first-order chi connectivity index (χ1) is 13.4. The number of hydrogen-bond acceptors (Lipinski definition) is 6. The van der Waals surface area contributed by atoms with Crippen LogP contribution < -0.4 is 4.74 Å². The van der Waals surface area contributed by atoms with E-state index in [-0.39, 0.29) is 5.41 Å². The van der Waals surface area contributed by atoms with E-state index in [1.807, 2.05) is 36.5 Å². The molecule has 0 unspecified atom stereocenters. The predicted octanol–water partition coefficient (Wildman–Crippen LogP) is 4.00. The molecule has 1 aliphatic rings. The number of aromatic nitrogens is 3. The summed E-state index contributed by atoms with van der Waals surface area (Å²) in [5.74, 6) is 2.51. The van der Waals surface area contributed by atoms with Gasteiger partial charge in [-0.2, -0.15) is 0 Å². The van der Waals surface area contributed by atoms with Crippen molar-refractivity contribution in [1.82, 2.24) is 20.0 Å².